The van der Waals surface area contributed by atoms with Crippen LogP contribution in [0.1, 0.15) is 258 Å². The molecule has 3 N–H and O–H groups in total. The number of carbonyl (C=O) groups excluding carboxylic acids is 1. The number of nitrogens with one attached hydrogen (secondary N) is 1. The molecule has 0 fully saturated rings. The zero-order valence-corrected chi connectivity index (χ0v) is 36.2. The Balaban J connectivity index is 3.77. The van der Waals surface area contributed by atoms with Gasteiger partial charge in [0.05, 0.1) is 17.9 Å². The maximum Gasteiger partial charge on any atom is 0.266 e. The number of hydrogen-bond donors (Lipinski definition) is 3. The van der Waals surface area contributed by atoms with E-state index in [9.17, 15) is 22.9 Å². The van der Waals surface area contributed by atoms with Crippen LogP contribution in [0.5, 0.6) is 0 Å². The summed E-state index contributed by atoms with van der Waals surface area (Å²) in [6.07, 6.45) is 50.2. The number of amides is 1. The molecule has 1 amide bonds. The number of aliphatic hydroxyl groups is 1. The van der Waals surface area contributed by atoms with Gasteiger partial charge >= 0.3 is 0 Å². The molecule has 0 saturated heterocycles. The highest BCUT2D eigenvalue weighted by Crippen LogP contribution is 2.17. The predicted molar refractivity (Wildman–Crippen MR) is 230 cm³/mol. The molecule has 0 radical (unpaired) electrons. The van der Waals surface area contributed by atoms with Crippen LogP contribution in [0.4, 0.5) is 0 Å². The van der Waals surface area contributed by atoms with Crippen molar-refractivity contribution >= 4 is 16.0 Å². The molecule has 0 saturated carbocycles. The van der Waals surface area contributed by atoms with Gasteiger partial charge in [0, 0.05) is 6.42 Å². The predicted octanol–water partition coefficient (Wildman–Crippen LogP) is 14.1. The van der Waals surface area contributed by atoms with Crippen LogP contribution in [0, 0.1) is 0 Å². The molecule has 316 valence electrons. The normalized spacial score (nSPS) is 13.2. The maximum atomic E-state index is 12.6. The average molecular weight is 770 g/mol. The molecule has 0 aromatic heterocycles. The molecule has 7 heteroatoms. The van der Waals surface area contributed by atoms with E-state index in [1.807, 2.05) is 0 Å². The summed E-state index contributed by atoms with van der Waals surface area (Å²) in [5.41, 5.74) is 0. The lowest BCUT2D eigenvalue weighted by atomic mass is 10.0. The van der Waals surface area contributed by atoms with Gasteiger partial charge in [-0.1, -0.05) is 225 Å². The van der Waals surface area contributed by atoms with Crippen LogP contribution in [-0.2, 0) is 14.9 Å². The van der Waals surface area contributed by atoms with Gasteiger partial charge in [0.2, 0.25) is 5.91 Å². The van der Waals surface area contributed by atoms with Crippen LogP contribution in [0.15, 0.2) is 12.2 Å². The van der Waals surface area contributed by atoms with Crippen molar-refractivity contribution in [2.24, 2.45) is 0 Å². The Kier molecular flexibility index (Phi) is 40.0. The number of rotatable bonds is 43. The summed E-state index contributed by atoms with van der Waals surface area (Å²) >= 11 is 0. The summed E-state index contributed by atoms with van der Waals surface area (Å²) < 4.78 is 32.6. The quantitative estimate of drug-likeness (QED) is 0.0325. The molecule has 0 aromatic carbocycles. The standard InChI is InChI=1S/C46H91NO5S/c1-3-5-7-9-11-13-15-17-19-21-22-23-24-26-28-30-32-34-36-38-40-42-46(49)47-44(43-53(50,51)52)45(48)41-39-37-35-33-31-29-27-25-20-18-16-14-12-10-8-6-4-2/h21-22,44-45,48H,3-20,23-43H2,1-2H3,(H,47,49)(H,50,51,52)/b22-21-. The molecule has 0 heterocycles. The lowest BCUT2D eigenvalue weighted by Crippen LogP contribution is -2.47. The smallest absolute Gasteiger partial charge is 0.266 e. The Bertz CT molecular complexity index is 892. The molecular weight excluding hydrogens is 679 g/mol. The van der Waals surface area contributed by atoms with Gasteiger partial charge in [0.25, 0.3) is 10.1 Å². The van der Waals surface area contributed by atoms with Crippen molar-refractivity contribution in [3.05, 3.63) is 12.2 Å². The molecule has 2 unspecified atom stereocenters. The molecule has 0 aliphatic heterocycles. The molecule has 0 bridgehead atoms. The second-order valence-corrected chi connectivity index (χ2v) is 17.9. The van der Waals surface area contributed by atoms with Gasteiger partial charge in [-0.3, -0.25) is 9.35 Å². The van der Waals surface area contributed by atoms with Crippen molar-refractivity contribution in [2.45, 2.75) is 270 Å². The van der Waals surface area contributed by atoms with E-state index in [0.717, 1.165) is 38.5 Å². The highest BCUT2D eigenvalue weighted by molar-refractivity contribution is 7.85. The first-order valence-electron chi connectivity index (χ1n) is 23.4. The van der Waals surface area contributed by atoms with Crippen molar-refractivity contribution < 1.29 is 22.9 Å². The first-order valence-corrected chi connectivity index (χ1v) is 25.0. The van der Waals surface area contributed by atoms with E-state index in [2.05, 4.69) is 31.3 Å². The first kappa shape index (κ1) is 52.1. The number of hydrogen-bond acceptors (Lipinski definition) is 4. The number of unbranched alkanes of at least 4 members (excludes halogenated alkanes) is 33. The van der Waals surface area contributed by atoms with Crippen molar-refractivity contribution in [3.63, 3.8) is 0 Å². The monoisotopic (exact) mass is 770 g/mol. The molecule has 0 aromatic rings. The second kappa shape index (κ2) is 40.7. The van der Waals surface area contributed by atoms with Crippen molar-refractivity contribution in [1.82, 2.24) is 5.32 Å². The minimum Gasteiger partial charge on any atom is -0.391 e. The molecule has 6 nitrogen and oxygen atoms in total. The number of carbonyl (C=O) groups is 1. The first-order chi connectivity index (χ1) is 25.8. The van der Waals surface area contributed by atoms with E-state index < -0.39 is 28.0 Å². The van der Waals surface area contributed by atoms with Gasteiger partial charge < -0.3 is 10.4 Å². The fourth-order valence-corrected chi connectivity index (χ4v) is 8.21. The Hall–Kier alpha value is -0.920. The molecule has 0 aliphatic carbocycles. The van der Waals surface area contributed by atoms with E-state index in [1.165, 1.54) is 193 Å². The molecule has 0 aliphatic rings. The van der Waals surface area contributed by atoms with Gasteiger partial charge in [0.15, 0.2) is 0 Å². The Morgan fingerprint density at radius 1 is 0.491 bits per heavy atom. The zero-order valence-electron chi connectivity index (χ0n) is 35.4. The lowest BCUT2D eigenvalue weighted by molar-refractivity contribution is -0.122. The Morgan fingerprint density at radius 3 is 1.13 bits per heavy atom. The van der Waals surface area contributed by atoms with E-state index in [0.29, 0.717) is 12.8 Å². The van der Waals surface area contributed by atoms with E-state index >= 15 is 0 Å². The van der Waals surface area contributed by atoms with Gasteiger partial charge in [-0.25, -0.2) is 0 Å². The zero-order chi connectivity index (χ0) is 38.9. The van der Waals surface area contributed by atoms with Gasteiger partial charge in [-0.15, -0.1) is 0 Å². The van der Waals surface area contributed by atoms with Crippen molar-refractivity contribution in [2.75, 3.05) is 5.75 Å². The Morgan fingerprint density at radius 2 is 0.792 bits per heavy atom. The third-order valence-corrected chi connectivity index (χ3v) is 11.8. The second-order valence-electron chi connectivity index (χ2n) is 16.4. The SMILES string of the molecule is CCCCCCCCCC/C=C\CCCCCCCCCCCC(=O)NC(CS(=O)(=O)O)C(O)CCCCCCCCCCCCCCCCCCC. The van der Waals surface area contributed by atoms with Crippen LogP contribution in [0.2, 0.25) is 0 Å². The molecule has 2 atom stereocenters. The van der Waals surface area contributed by atoms with Gasteiger partial charge in [-0.2, -0.15) is 8.42 Å². The molecule has 53 heavy (non-hydrogen) atoms. The Labute approximate surface area is 331 Å². The fourth-order valence-electron chi connectivity index (χ4n) is 7.45. The van der Waals surface area contributed by atoms with Gasteiger partial charge in [0.1, 0.15) is 0 Å². The van der Waals surface area contributed by atoms with Crippen molar-refractivity contribution in [3.8, 4) is 0 Å². The topological polar surface area (TPSA) is 104 Å². The van der Waals surface area contributed by atoms with E-state index in [1.54, 1.807) is 0 Å². The molecule has 0 rings (SSSR count). The van der Waals surface area contributed by atoms with E-state index in [-0.39, 0.29) is 5.91 Å². The molecule has 0 spiro atoms. The van der Waals surface area contributed by atoms with Gasteiger partial charge in [-0.05, 0) is 38.5 Å². The number of allylic oxidation sites excluding steroid dienone is 2. The lowest BCUT2D eigenvalue weighted by Gasteiger charge is -2.23. The summed E-state index contributed by atoms with van der Waals surface area (Å²) in [5.74, 6) is -0.888. The van der Waals surface area contributed by atoms with Crippen LogP contribution < -0.4 is 5.32 Å². The largest absolute Gasteiger partial charge is 0.391 e. The summed E-state index contributed by atoms with van der Waals surface area (Å²) in [7, 11) is -4.31. The van der Waals surface area contributed by atoms with Crippen LogP contribution in [-0.4, -0.2) is 41.9 Å². The van der Waals surface area contributed by atoms with Crippen LogP contribution in [0.25, 0.3) is 0 Å². The summed E-state index contributed by atoms with van der Waals surface area (Å²) in [4.78, 5) is 12.6. The highest BCUT2D eigenvalue weighted by atomic mass is 32.2. The average Bonchev–Trinajstić information content (AvgIpc) is 3.12. The van der Waals surface area contributed by atoms with Crippen LogP contribution >= 0.6 is 0 Å². The minimum absolute atomic E-state index is 0.244. The summed E-state index contributed by atoms with van der Waals surface area (Å²) in [6.45, 7) is 4.54. The maximum absolute atomic E-state index is 12.6. The summed E-state index contributed by atoms with van der Waals surface area (Å²) in [6, 6.07) is -0.969. The summed E-state index contributed by atoms with van der Waals surface area (Å²) in [5, 5.41) is 13.4. The highest BCUT2D eigenvalue weighted by Gasteiger charge is 2.26. The minimum atomic E-state index is -4.31. The van der Waals surface area contributed by atoms with E-state index in [4.69, 9.17) is 0 Å². The molecular formula is C46H91NO5S. The number of aliphatic hydroxyl groups excluding tert-OH is 1. The fraction of sp³-hybridized carbons (Fsp3) is 0.935. The van der Waals surface area contributed by atoms with Crippen molar-refractivity contribution in [1.29, 1.82) is 0 Å². The third kappa shape index (κ3) is 42.1. The third-order valence-electron chi connectivity index (χ3n) is 11.0. The van der Waals surface area contributed by atoms with Crippen LogP contribution in [0.3, 0.4) is 0 Å².